The zero-order chi connectivity index (χ0) is 14.4. The number of carboxylic acids is 1. The lowest BCUT2D eigenvalue weighted by Crippen LogP contribution is -2.42. The Morgan fingerprint density at radius 2 is 1.74 bits per heavy atom. The second-order valence-corrected chi connectivity index (χ2v) is 5.49. The largest absolute Gasteiger partial charge is 0.481 e. The van der Waals surface area contributed by atoms with Crippen LogP contribution < -0.4 is 11.5 Å². The SMILES string of the molecule is NC(CC(=O)[C@@H](N)CC(=O)O)C(O)CC1CCCC1. The van der Waals surface area contributed by atoms with Gasteiger partial charge in [0, 0.05) is 12.5 Å². The van der Waals surface area contributed by atoms with Crippen LogP contribution >= 0.6 is 0 Å². The predicted octanol–water partition coefficient (Wildman–Crippen LogP) is 0.0161. The Balaban J connectivity index is 2.33. The Labute approximate surface area is 113 Å². The van der Waals surface area contributed by atoms with Crippen molar-refractivity contribution >= 4 is 11.8 Å². The highest BCUT2D eigenvalue weighted by atomic mass is 16.4. The molecule has 1 saturated carbocycles. The van der Waals surface area contributed by atoms with Crippen molar-refractivity contribution in [1.29, 1.82) is 0 Å². The molecular formula is C13H24N2O4. The summed E-state index contributed by atoms with van der Waals surface area (Å²) >= 11 is 0. The van der Waals surface area contributed by atoms with Crippen LogP contribution in [0.5, 0.6) is 0 Å². The quantitative estimate of drug-likeness (QED) is 0.493. The van der Waals surface area contributed by atoms with Crippen LogP contribution in [0.25, 0.3) is 0 Å². The maximum Gasteiger partial charge on any atom is 0.305 e. The minimum absolute atomic E-state index is 0.0671. The van der Waals surface area contributed by atoms with Gasteiger partial charge in [0.15, 0.2) is 5.78 Å². The number of carbonyl (C=O) groups is 2. The lowest BCUT2D eigenvalue weighted by molar-refractivity contribution is -0.139. The van der Waals surface area contributed by atoms with Crippen molar-refractivity contribution in [2.45, 2.75) is 63.1 Å². The molecule has 6 nitrogen and oxygen atoms in total. The summed E-state index contributed by atoms with van der Waals surface area (Å²) in [5.41, 5.74) is 11.3. The molecule has 6 heteroatoms. The molecule has 0 radical (unpaired) electrons. The number of nitrogens with two attached hydrogens (primary N) is 2. The first-order valence-corrected chi connectivity index (χ1v) is 6.84. The summed E-state index contributed by atoms with van der Waals surface area (Å²) in [6.45, 7) is 0. The molecule has 1 aliphatic carbocycles. The molecule has 3 atom stereocenters. The van der Waals surface area contributed by atoms with Gasteiger partial charge in [0.05, 0.1) is 18.6 Å². The molecule has 0 aliphatic heterocycles. The van der Waals surface area contributed by atoms with E-state index in [0.717, 1.165) is 12.8 Å². The van der Waals surface area contributed by atoms with Crippen LogP contribution in [0.1, 0.15) is 44.9 Å². The number of aliphatic carboxylic acids is 1. The molecule has 19 heavy (non-hydrogen) atoms. The number of ketones is 1. The van der Waals surface area contributed by atoms with E-state index < -0.39 is 36.4 Å². The number of hydrogen-bond donors (Lipinski definition) is 4. The number of aliphatic hydroxyl groups excluding tert-OH is 1. The lowest BCUT2D eigenvalue weighted by atomic mass is 9.92. The number of aliphatic hydroxyl groups is 1. The first-order chi connectivity index (χ1) is 8.90. The summed E-state index contributed by atoms with van der Waals surface area (Å²) < 4.78 is 0. The van der Waals surface area contributed by atoms with Gasteiger partial charge in [0.25, 0.3) is 0 Å². The fourth-order valence-electron chi connectivity index (χ4n) is 2.58. The van der Waals surface area contributed by atoms with Crippen LogP contribution in [0.2, 0.25) is 0 Å². The minimum Gasteiger partial charge on any atom is -0.481 e. The summed E-state index contributed by atoms with van der Waals surface area (Å²) in [5, 5.41) is 18.5. The van der Waals surface area contributed by atoms with Gasteiger partial charge in [-0.25, -0.2) is 0 Å². The first-order valence-electron chi connectivity index (χ1n) is 6.84. The van der Waals surface area contributed by atoms with Crippen molar-refractivity contribution in [3.63, 3.8) is 0 Å². The second kappa shape index (κ2) is 7.57. The summed E-state index contributed by atoms with van der Waals surface area (Å²) in [6, 6.07) is -1.70. The van der Waals surface area contributed by atoms with Crippen molar-refractivity contribution < 1.29 is 19.8 Å². The molecule has 1 aliphatic rings. The van der Waals surface area contributed by atoms with E-state index in [2.05, 4.69) is 0 Å². The molecule has 2 unspecified atom stereocenters. The summed E-state index contributed by atoms with van der Waals surface area (Å²) in [5.74, 6) is -1.02. The molecule has 0 aromatic rings. The standard InChI is InChI=1S/C13H24N2O4/c14-9(6-12(17)10(15)7-13(18)19)11(16)5-8-3-1-2-4-8/h8-11,16H,1-7,14-15H2,(H,18,19)/t9?,10-,11?/m0/s1. The molecule has 110 valence electrons. The number of Topliss-reactive ketones (excluding diaryl/α,β-unsaturated/α-hetero) is 1. The average Bonchev–Trinajstić information content (AvgIpc) is 2.80. The van der Waals surface area contributed by atoms with Gasteiger partial charge in [-0.1, -0.05) is 25.7 Å². The molecule has 0 bridgehead atoms. The van der Waals surface area contributed by atoms with E-state index in [-0.39, 0.29) is 6.42 Å². The highest BCUT2D eigenvalue weighted by Gasteiger charge is 2.26. The Bertz CT molecular complexity index is 316. The first kappa shape index (κ1) is 16.1. The fourth-order valence-corrected chi connectivity index (χ4v) is 2.58. The Kier molecular flexibility index (Phi) is 6.41. The third-order valence-electron chi connectivity index (χ3n) is 3.79. The van der Waals surface area contributed by atoms with Gasteiger partial charge >= 0.3 is 5.97 Å². The molecule has 6 N–H and O–H groups in total. The van der Waals surface area contributed by atoms with Gasteiger partial charge in [-0.15, -0.1) is 0 Å². The van der Waals surface area contributed by atoms with Crippen LogP contribution in [0, 0.1) is 5.92 Å². The van der Waals surface area contributed by atoms with Crippen molar-refractivity contribution in [2.75, 3.05) is 0 Å². The normalized spacial score (nSPS) is 21.0. The molecule has 0 aromatic carbocycles. The van der Waals surface area contributed by atoms with E-state index in [1.165, 1.54) is 12.8 Å². The van der Waals surface area contributed by atoms with Crippen molar-refractivity contribution in [2.24, 2.45) is 17.4 Å². The number of carbonyl (C=O) groups excluding carboxylic acids is 1. The van der Waals surface area contributed by atoms with Gasteiger partial charge in [-0.2, -0.15) is 0 Å². The molecule has 1 rings (SSSR count). The van der Waals surface area contributed by atoms with Gasteiger partial charge in [-0.05, 0) is 12.3 Å². The third kappa shape index (κ3) is 5.67. The van der Waals surface area contributed by atoms with Gasteiger partial charge in [0.1, 0.15) is 0 Å². The Morgan fingerprint density at radius 3 is 2.26 bits per heavy atom. The van der Waals surface area contributed by atoms with Crippen LogP contribution in [-0.2, 0) is 9.59 Å². The predicted molar refractivity (Wildman–Crippen MR) is 70.4 cm³/mol. The Morgan fingerprint density at radius 1 is 1.16 bits per heavy atom. The van der Waals surface area contributed by atoms with E-state index >= 15 is 0 Å². The monoisotopic (exact) mass is 272 g/mol. The van der Waals surface area contributed by atoms with E-state index in [0.29, 0.717) is 12.3 Å². The van der Waals surface area contributed by atoms with Crippen LogP contribution in [0.15, 0.2) is 0 Å². The highest BCUT2D eigenvalue weighted by Crippen LogP contribution is 2.29. The summed E-state index contributed by atoms with van der Waals surface area (Å²) in [4.78, 5) is 22.1. The maximum atomic E-state index is 11.7. The lowest BCUT2D eigenvalue weighted by Gasteiger charge is -2.22. The molecule has 0 spiro atoms. The number of hydrogen-bond acceptors (Lipinski definition) is 5. The van der Waals surface area contributed by atoms with E-state index in [1.807, 2.05) is 0 Å². The fraction of sp³-hybridized carbons (Fsp3) is 0.846. The highest BCUT2D eigenvalue weighted by molar-refractivity contribution is 5.88. The van der Waals surface area contributed by atoms with E-state index in [1.54, 1.807) is 0 Å². The smallest absolute Gasteiger partial charge is 0.305 e. The zero-order valence-corrected chi connectivity index (χ0v) is 11.1. The molecule has 0 aromatic heterocycles. The summed E-state index contributed by atoms with van der Waals surface area (Å²) in [7, 11) is 0. The van der Waals surface area contributed by atoms with Crippen molar-refractivity contribution in [3.8, 4) is 0 Å². The molecule has 0 amide bonds. The molecule has 1 fully saturated rings. The van der Waals surface area contributed by atoms with Gasteiger partial charge < -0.3 is 21.7 Å². The van der Waals surface area contributed by atoms with Crippen molar-refractivity contribution in [3.05, 3.63) is 0 Å². The Hall–Kier alpha value is -0.980. The zero-order valence-electron chi connectivity index (χ0n) is 11.1. The minimum atomic E-state index is -1.11. The summed E-state index contributed by atoms with van der Waals surface area (Å²) in [6.07, 6.45) is 4.02. The van der Waals surface area contributed by atoms with E-state index in [9.17, 15) is 14.7 Å². The van der Waals surface area contributed by atoms with Crippen LogP contribution in [0.4, 0.5) is 0 Å². The van der Waals surface area contributed by atoms with Gasteiger partial charge in [0.2, 0.25) is 0 Å². The van der Waals surface area contributed by atoms with Gasteiger partial charge in [-0.3, -0.25) is 9.59 Å². The molecular weight excluding hydrogens is 248 g/mol. The topological polar surface area (TPSA) is 127 Å². The molecule has 0 heterocycles. The van der Waals surface area contributed by atoms with E-state index in [4.69, 9.17) is 16.6 Å². The average molecular weight is 272 g/mol. The maximum absolute atomic E-state index is 11.7. The number of rotatable bonds is 8. The molecule has 0 saturated heterocycles. The van der Waals surface area contributed by atoms with Crippen molar-refractivity contribution in [1.82, 2.24) is 0 Å². The number of carboxylic acid groups (broad SMARTS) is 1. The second-order valence-electron chi connectivity index (χ2n) is 5.49. The van der Waals surface area contributed by atoms with Crippen LogP contribution in [-0.4, -0.2) is 40.2 Å². The third-order valence-corrected chi connectivity index (χ3v) is 3.79. The van der Waals surface area contributed by atoms with Crippen LogP contribution in [0.3, 0.4) is 0 Å².